The average Bonchev–Trinajstić information content (AvgIpc) is 3.26. The van der Waals surface area contributed by atoms with E-state index in [0.29, 0.717) is 6.61 Å². The Morgan fingerprint density at radius 3 is 2.44 bits per heavy atom. The highest BCUT2D eigenvalue weighted by Crippen LogP contribution is 2.40. The number of aromatic nitrogens is 1. The molecule has 5 nitrogen and oxygen atoms in total. The molecule has 0 fully saturated rings. The summed E-state index contributed by atoms with van der Waals surface area (Å²) in [7, 11) is 0.564. The number of rotatable bonds is 5. The van der Waals surface area contributed by atoms with E-state index >= 15 is 4.32 Å². The number of hydrogen-bond donors (Lipinski definition) is 2. The van der Waals surface area contributed by atoms with Crippen molar-refractivity contribution in [3.63, 3.8) is 0 Å². The van der Waals surface area contributed by atoms with Crippen molar-refractivity contribution in [3.05, 3.63) is 82.1 Å². The first-order valence-corrected chi connectivity index (χ1v) is 11.1. The second kappa shape index (κ2) is 9.51. The number of fused-ring (bicyclic) bond motifs is 2. The van der Waals surface area contributed by atoms with E-state index < -0.39 is 7.26 Å². The van der Waals surface area contributed by atoms with Crippen LogP contribution in [0, 0.1) is 13.8 Å². The molecule has 1 aromatic carbocycles. The summed E-state index contributed by atoms with van der Waals surface area (Å²) in [6, 6.07) is 10.0. The molecule has 4 rings (SSSR count). The van der Waals surface area contributed by atoms with Crippen LogP contribution in [0.4, 0.5) is 4.32 Å². The molecule has 168 valence electrons. The van der Waals surface area contributed by atoms with Crippen LogP contribution in [-0.2, 0) is 0 Å². The van der Waals surface area contributed by atoms with E-state index in [1.54, 1.807) is 8.96 Å². The highest BCUT2D eigenvalue weighted by atomic mass is 19.1. The van der Waals surface area contributed by atoms with Crippen LogP contribution < -0.4 is 15.8 Å². The number of hydrogen-bond acceptors (Lipinski definition) is 3. The number of allylic oxidation sites excluding steroid dienone is 2. The molecule has 0 amide bonds. The molecule has 3 heterocycles. The van der Waals surface area contributed by atoms with Gasteiger partial charge >= 0.3 is 7.26 Å². The Hall–Kier alpha value is -3.22. The summed E-state index contributed by atoms with van der Waals surface area (Å²) in [5.74, 6) is 0.750. The van der Waals surface area contributed by atoms with Gasteiger partial charge in [0, 0.05) is 37.5 Å². The van der Waals surface area contributed by atoms with Crippen LogP contribution in [0.3, 0.4) is 0 Å². The van der Waals surface area contributed by atoms with Crippen molar-refractivity contribution in [1.29, 1.82) is 0 Å². The molecule has 2 aliphatic heterocycles. The zero-order chi connectivity index (χ0) is 23.6. The standard InChI is InChI=1S/C23H27BFN4O.C2H6/c1-14-10-16(3)28-22(14)21(23-15(2)11-17(4)29(23)24(28)25)18-6-8-20(9-7-18)30-13-19(12-26)27-5;1-2/h6-12,27H,13,26H2,1-5H3;1-2H3/q+1;/b19-12-;. The fraction of sp³-hybridized carbons (Fsp3) is 0.320. The van der Waals surface area contributed by atoms with Crippen molar-refractivity contribution in [2.75, 3.05) is 13.7 Å². The predicted molar refractivity (Wildman–Crippen MR) is 132 cm³/mol. The summed E-state index contributed by atoms with van der Waals surface area (Å²) >= 11 is 0. The number of likely N-dealkylation sites (N-methyl/N-ethyl adjacent to an activating group) is 1. The summed E-state index contributed by atoms with van der Waals surface area (Å²) in [5.41, 5.74) is 14.3. The molecule has 3 N–H and O–H groups in total. The quantitative estimate of drug-likeness (QED) is 0.679. The lowest BCUT2D eigenvalue weighted by molar-refractivity contribution is -0.336. The number of aryl methyl sites for hydroxylation is 2. The maximum atomic E-state index is 15.6. The van der Waals surface area contributed by atoms with Gasteiger partial charge in [-0.1, -0.05) is 26.0 Å². The Labute approximate surface area is 190 Å². The third-order valence-corrected chi connectivity index (χ3v) is 5.80. The van der Waals surface area contributed by atoms with E-state index in [1.165, 1.54) is 6.20 Å². The van der Waals surface area contributed by atoms with Crippen LogP contribution >= 0.6 is 0 Å². The van der Waals surface area contributed by atoms with E-state index in [2.05, 4.69) is 17.5 Å². The fourth-order valence-electron chi connectivity index (χ4n) is 4.40. The molecule has 1 aromatic heterocycles. The first-order valence-electron chi connectivity index (χ1n) is 11.1. The summed E-state index contributed by atoms with van der Waals surface area (Å²) in [6.45, 7) is 12.4. The normalized spacial score (nSPS) is 15.2. The zero-order valence-electron chi connectivity index (χ0n) is 20.1. The maximum absolute atomic E-state index is 15.6. The van der Waals surface area contributed by atoms with Gasteiger partial charge in [0.1, 0.15) is 12.4 Å². The van der Waals surface area contributed by atoms with Gasteiger partial charge in [0.15, 0.2) is 11.4 Å². The monoisotopic (exact) mass is 435 g/mol. The van der Waals surface area contributed by atoms with Crippen molar-refractivity contribution < 1.29 is 13.5 Å². The Bertz CT molecular complexity index is 1140. The number of nitrogens with two attached hydrogens (primary N) is 1. The Balaban J connectivity index is 0.00000141. The minimum absolute atomic E-state index is 0.370. The van der Waals surface area contributed by atoms with E-state index in [4.69, 9.17) is 10.5 Å². The van der Waals surface area contributed by atoms with Gasteiger partial charge in [-0.05, 0) is 50.1 Å². The molecule has 0 unspecified atom stereocenters. The van der Waals surface area contributed by atoms with Gasteiger partial charge in [0.2, 0.25) is 0 Å². The molecule has 0 saturated heterocycles. The number of nitrogens with zero attached hydrogens (tertiary/aromatic N) is 2. The molecule has 0 saturated carbocycles. The Morgan fingerprint density at radius 2 is 1.84 bits per heavy atom. The van der Waals surface area contributed by atoms with Gasteiger partial charge in [-0.25, -0.2) is 8.80 Å². The zero-order valence-corrected chi connectivity index (χ0v) is 20.1. The van der Waals surface area contributed by atoms with Crippen LogP contribution in [0.1, 0.15) is 50.2 Å². The summed E-state index contributed by atoms with van der Waals surface area (Å²) in [6.07, 6.45) is 3.55. The minimum atomic E-state index is -1.24. The minimum Gasteiger partial charge on any atom is -0.487 e. The highest BCUT2D eigenvalue weighted by Gasteiger charge is 2.51. The Kier molecular flexibility index (Phi) is 6.97. The first kappa shape index (κ1) is 23.4. The lowest BCUT2D eigenvalue weighted by Gasteiger charge is -2.22. The summed E-state index contributed by atoms with van der Waals surface area (Å²) in [5, 5.41) is 2.99. The predicted octanol–water partition coefficient (Wildman–Crippen LogP) is 4.54. The van der Waals surface area contributed by atoms with Gasteiger partial charge in [0.05, 0.1) is 17.0 Å². The van der Waals surface area contributed by atoms with E-state index in [-0.39, 0.29) is 0 Å². The summed E-state index contributed by atoms with van der Waals surface area (Å²) in [4.78, 5) is 0. The van der Waals surface area contributed by atoms with Crippen LogP contribution in [0.5, 0.6) is 5.75 Å². The molecule has 0 radical (unpaired) electrons. The van der Waals surface area contributed by atoms with E-state index in [0.717, 1.165) is 56.5 Å². The van der Waals surface area contributed by atoms with Gasteiger partial charge in [-0.15, -0.1) is 0 Å². The third kappa shape index (κ3) is 3.88. The largest absolute Gasteiger partial charge is 0.846 e. The Morgan fingerprint density at radius 1 is 1.19 bits per heavy atom. The molecule has 0 bridgehead atoms. The molecule has 2 aliphatic rings. The maximum Gasteiger partial charge on any atom is 0.846 e. The smallest absolute Gasteiger partial charge is 0.487 e. The number of nitrogens with one attached hydrogen (secondary N) is 1. The number of benzene rings is 1. The molecule has 7 heteroatoms. The van der Waals surface area contributed by atoms with Crippen LogP contribution in [-0.4, -0.2) is 35.6 Å². The van der Waals surface area contributed by atoms with E-state index in [9.17, 15) is 0 Å². The molecule has 2 aromatic rings. The first-order chi connectivity index (χ1) is 15.4. The molecule has 0 aliphatic carbocycles. The van der Waals surface area contributed by atoms with Gasteiger partial charge in [-0.3, -0.25) is 4.48 Å². The third-order valence-electron chi connectivity index (χ3n) is 5.80. The van der Waals surface area contributed by atoms with Crippen LogP contribution in [0.25, 0.3) is 5.57 Å². The van der Waals surface area contributed by atoms with Crippen molar-refractivity contribution in [2.24, 2.45) is 5.73 Å². The van der Waals surface area contributed by atoms with Crippen molar-refractivity contribution >= 4 is 18.5 Å². The van der Waals surface area contributed by atoms with Crippen LogP contribution in [0.2, 0.25) is 0 Å². The summed E-state index contributed by atoms with van der Waals surface area (Å²) < 4.78 is 25.0. The van der Waals surface area contributed by atoms with E-state index in [1.807, 2.05) is 72.9 Å². The lowest BCUT2D eigenvalue weighted by atomic mass is 9.87. The average molecular weight is 435 g/mol. The number of ether oxygens (including phenoxy) is 1. The molecular formula is C25H33BFN4O+. The van der Waals surface area contributed by atoms with Crippen molar-refractivity contribution in [3.8, 4) is 5.75 Å². The molecule has 0 spiro atoms. The van der Waals surface area contributed by atoms with Gasteiger partial charge in [-0.2, -0.15) is 0 Å². The van der Waals surface area contributed by atoms with Gasteiger partial charge < -0.3 is 15.8 Å². The van der Waals surface area contributed by atoms with Gasteiger partial charge in [0.25, 0.3) is 0 Å². The van der Waals surface area contributed by atoms with Crippen molar-refractivity contribution in [1.82, 2.24) is 9.79 Å². The molecule has 0 atom stereocenters. The molecular weight excluding hydrogens is 402 g/mol. The molecule has 32 heavy (non-hydrogen) atoms. The topological polar surface area (TPSA) is 55.2 Å². The number of halogens is 1. The lowest BCUT2D eigenvalue weighted by Crippen LogP contribution is -2.40. The fourth-order valence-corrected chi connectivity index (χ4v) is 4.40. The second-order valence-corrected chi connectivity index (χ2v) is 7.82. The van der Waals surface area contributed by atoms with Crippen molar-refractivity contribution in [2.45, 2.75) is 41.5 Å². The SMILES string of the molecule is CC.CN/C(=C\N)COc1ccc(C2=C3C(C)=CC(C)=[N+]3B(F)n3c(C)cc(C)c32)cc1. The second-order valence-electron chi connectivity index (χ2n) is 7.82. The van der Waals surface area contributed by atoms with Crippen LogP contribution in [0.15, 0.2) is 59.6 Å². The highest BCUT2D eigenvalue weighted by molar-refractivity contribution is 6.43.